The third-order valence-electron chi connectivity index (χ3n) is 7.97. The number of amides is 2. The van der Waals surface area contributed by atoms with Crippen LogP contribution in [0.25, 0.3) is 0 Å². The Morgan fingerprint density at radius 2 is 2.08 bits per heavy atom. The van der Waals surface area contributed by atoms with E-state index < -0.39 is 51.8 Å². The van der Waals surface area contributed by atoms with Gasteiger partial charge in [-0.25, -0.2) is 8.78 Å². The molecule has 1 fully saturated rings. The van der Waals surface area contributed by atoms with E-state index in [1.807, 2.05) is 19.1 Å². The molecule has 2 N–H and O–H groups in total. The normalized spacial score (nSPS) is 23.3. The first-order valence-corrected chi connectivity index (χ1v) is 12.9. The Hall–Kier alpha value is -4.61. The Morgan fingerprint density at radius 3 is 2.83 bits per heavy atom. The second-order valence-corrected chi connectivity index (χ2v) is 10.3. The van der Waals surface area contributed by atoms with E-state index in [9.17, 15) is 28.3 Å². The maximum atomic E-state index is 14.1. The minimum atomic E-state index is -1.03. The Kier molecular flexibility index (Phi) is 6.12. The van der Waals surface area contributed by atoms with E-state index in [1.54, 1.807) is 17.2 Å². The molecule has 1 spiro atoms. The smallest absolute Gasteiger partial charge is 0.274 e. The molecule has 0 saturated carbocycles. The molecular weight excluding hydrogens is 524 g/mol. The second-order valence-electron chi connectivity index (χ2n) is 10.3. The molecule has 3 atom stereocenters. The number of carbonyl (C=O) groups is 2. The summed E-state index contributed by atoms with van der Waals surface area (Å²) in [6.45, 7) is 1.78. The van der Waals surface area contributed by atoms with Gasteiger partial charge in [0, 0.05) is 49.6 Å². The van der Waals surface area contributed by atoms with Crippen LogP contribution in [-0.2, 0) is 11.4 Å². The summed E-state index contributed by atoms with van der Waals surface area (Å²) in [5.74, 6) is -3.89. The number of hydrogen-bond acceptors (Lipinski definition) is 7. The Morgan fingerprint density at radius 1 is 1.25 bits per heavy atom. The molecule has 2 bridgehead atoms. The molecule has 1 saturated heterocycles. The summed E-state index contributed by atoms with van der Waals surface area (Å²) in [7, 11) is 0. The average molecular weight is 550 g/mol. The van der Waals surface area contributed by atoms with Gasteiger partial charge < -0.3 is 24.7 Å². The lowest BCUT2D eigenvalue weighted by atomic mass is 9.83. The van der Waals surface area contributed by atoms with Crippen LogP contribution in [-0.4, -0.2) is 55.3 Å². The fourth-order valence-corrected chi connectivity index (χ4v) is 5.72. The van der Waals surface area contributed by atoms with Crippen molar-refractivity contribution in [2.45, 2.75) is 50.4 Å². The van der Waals surface area contributed by atoms with Crippen LogP contribution in [0.15, 0.2) is 58.7 Å². The number of hydrogen-bond donors (Lipinski definition) is 2. The van der Waals surface area contributed by atoms with E-state index in [0.717, 1.165) is 6.07 Å². The van der Waals surface area contributed by atoms with Gasteiger partial charge in [0.05, 0.1) is 11.7 Å². The minimum absolute atomic E-state index is 0.0121. The van der Waals surface area contributed by atoms with Crippen molar-refractivity contribution >= 4 is 17.5 Å². The molecule has 0 aliphatic carbocycles. The molecule has 3 aliphatic rings. The van der Waals surface area contributed by atoms with Gasteiger partial charge in [-0.05, 0) is 38.0 Å². The van der Waals surface area contributed by atoms with Crippen molar-refractivity contribution in [3.05, 3.63) is 93.2 Å². The second kappa shape index (κ2) is 9.54. The van der Waals surface area contributed by atoms with Gasteiger partial charge in [-0.3, -0.25) is 19.4 Å². The van der Waals surface area contributed by atoms with Gasteiger partial charge in [-0.15, -0.1) is 0 Å². The van der Waals surface area contributed by atoms with E-state index in [2.05, 4.69) is 15.5 Å². The Bertz CT molecular complexity index is 1630. The SMILES string of the molecule is C[C@H]1CC[C@]2(CC(c3ccccn3)=NO2)[C@H]2CN1C(=O)c1c(O)c(=O)c(C(=O)NCc3ccc(F)cc3F)cn12. The van der Waals surface area contributed by atoms with Crippen molar-refractivity contribution in [1.29, 1.82) is 0 Å². The van der Waals surface area contributed by atoms with E-state index >= 15 is 0 Å². The number of halogens is 2. The molecule has 0 radical (unpaired) electrons. The van der Waals surface area contributed by atoms with Crippen LogP contribution >= 0.6 is 0 Å². The lowest BCUT2D eigenvalue weighted by molar-refractivity contribution is -0.0655. The molecule has 12 heteroatoms. The van der Waals surface area contributed by atoms with Crippen LogP contribution in [0.3, 0.4) is 0 Å². The monoisotopic (exact) mass is 549 g/mol. The van der Waals surface area contributed by atoms with Crippen LogP contribution in [0.2, 0.25) is 0 Å². The number of fused-ring (bicyclic) bond motifs is 5. The van der Waals surface area contributed by atoms with Gasteiger partial charge in [0.25, 0.3) is 11.8 Å². The zero-order chi connectivity index (χ0) is 28.2. The topological polar surface area (TPSA) is 126 Å². The number of pyridine rings is 2. The summed E-state index contributed by atoms with van der Waals surface area (Å²) in [4.78, 5) is 51.7. The summed E-state index contributed by atoms with van der Waals surface area (Å²) in [6, 6.07) is 7.58. The number of aromatic hydroxyl groups is 1. The van der Waals surface area contributed by atoms with Crippen LogP contribution < -0.4 is 10.7 Å². The van der Waals surface area contributed by atoms with Gasteiger partial charge in [0.1, 0.15) is 22.9 Å². The highest BCUT2D eigenvalue weighted by Gasteiger charge is 2.54. The molecule has 5 heterocycles. The number of carbonyl (C=O) groups excluding carboxylic acids is 2. The van der Waals surface area contributed by atoms with Crippen LogP contribution in [0.1, 0.15) is 64.3 Å². The summed E-state index contributed by atoms with van der Waals surface area (Å²) < 4.78 is 28.8. The quantitative estimate of drug-likeness (QED) is 0.516. The predicted octanol–water partition coefficient (Wildman–Crippen LogP) is 2.90. The average Bonchev–Trinajstić information content (AvgIpc) is 3.33. The first kappa shape index (κ1) is 25.7. The third kappa shape index (κ3) is 4.10. The Labute approximate surface area is 226 Å². The van der Waals surface area contributed by atoms with Gasteiger partial charge in [-0.2, -0.15) is 0 Å². The van der Waals surface area contributed by atoms with Crippen molar-refractivity contribution in [3.8, 4) is 5.75 Å². The highest BCUT2D eigenvalue weighted by Crippen LogP contribution is 2.46. The van der Waals surface area contributed by atoms with Crippen molar-refractivity contribution in [2.24, 2.45) is 5.16 Å². The standard InChI is InChI=1S/C28H25F2N5O5/c1-15-7-8-28(11-21(33-40-28)20-4-2-3-9-31-20)22-14-34(15)27(39)23-25(37)24(36)18(13-35(22)23)26(38)32-12-16-5-6-17(29)10-19(16)30/h2-6,9-10,13,15,22,37H,7-8,11-12,14H2,1H3,(H,32,38)/t15-,22+,28-/m0/s1. The van der Waals surface area contributed by atoms with E-state index in [0.29, 0.717) is 36.7 Å². The number of oxime groups is 1. The van der Waals surface area contributed by atoms with Gasteiger partial charge in [-0.1, -0.05) is 17.3 Å². The molecule has 3 aliphatic heterocycles. The van der Waals surface area contributed by atoms with Crippen LogP contribution in [0, 0.1) is 11.6 Å². The fraction of sp³-hybridized carbons (Fsp3) is 0.321. The molecule has 3 aromatic rings. The van der Waals surface area contributed by atoms with E-state index in [4.69, 9.17) is 4.84 Å². The van der Waals surface area contributed by atoms with Crippen molar-refractivity contribution < 1.29 is 28.3 Å². The summed E-state index contributed by atoms with van der Waals surface area (Å²) in [5, 5.41) is 17.7. The molecule has 40 heavy (non-hydrogen) atoms. The van der Waals surface area contributed by atoms with Crippen LogP contribution in [0.5, 0.6) is 5.75 Å². The number of nitrogens with one attached hydrogen (secondary N) is 1. The molecule has 2 aromatic heterocycles. The number of benzene rings is 1. The lowest BCUT2D eigenvalue weighted by Gasteiger charge is -2.41. The Balaban J connectivity index is 1.38. The van der Waals surface area contributed by atoms with E-state index in [1.165, 1.54) is 16.8 Å². The maximum Gasteiger partial charge on any atom is 0.274 e. The molecule has 1 aromatic carbocycles. The van der Waals surface area contributed by atoms with Crippen molar-refractivity contribution in [3.63, 3.8) is 0 Å². The summed E-state index contributed by atoms with van der Waals surface area (Å²) in [5.41, 5.74) is -1.33. The molecule has 2 amide bonds. The maximum absolute atomic E-state index is 14.1. The highest BCUT2D eigenvalue weighted by molar-refractivity contribution is 6.01. The van der Waals surface area contributed by atoms with Gasteiger partial charge in [0.15, 0.2) is 17.0 Å². The molecule has 6 rings (SSSR count). The fourth-order valence-electron chi connectivity index (χ4n) is 5.72. The minimum Gasteiger partial charge on any atom is -0.503 e. The first-order chi connectivity index (χ1) is 19.2. The number of rotatable bonds is 4. The van der Waals surface area contributed by atoms with Gasteiger partial charge >= 0.3 is 0 Å². The zero-order valence-corrected chi connectivity index (χ0v) is 21.4. The molecule has 10 nitrogen and oxygen atoms in total. The number of nitrogens with zero attached hydrogens (tertiary/aromatic N) is 4. The largest absolute Gasteiger partial charge is 0.503 e. The van der Waals surface area contributed by atoms with E-state index in [-0.39, 0.29) is 30.4 Å². The highest BCUT2D eigenvalue weighted by atomic mass is 19.1. The molecule has 206 valence electrons. The van der Waals surface area contributed by atoms with Crippen molar-refractivity contribution in [2.75, 3.05) is 6.54 Å². The summed E-state index contributed by atoms with van der Waals surface area (Å²) in [6.07, 6.45) is 4.36. The number of aromatic nitrogens is 2. The predicted molar refractivity (Wildman–Crippen MR) is 138 cm³/mol. The van der Waals surface area contributed by atoms with Crippen molar-refractivity contribution in [1.82, 2.24) is 19.8 Å². The van der Waals surface area contributed by atoms with Crippen LogP contribution in [0.4, 0.5) is 8.78 Å². The van der Waals surface area contributed by atoms with Gasteiger partial charge in [0.2, 0.25) is 5.43 Å². The lowest BCUT2D eigenvalue weighted by Crippen LogP contribution is -2.52. The zero-order valence-electron chi connectivity index (χ0n) is 21.4. The molecule has 0 unspecified atom stereocenters. The third-order valence-corrected chi connectivity index (χ3v) is 7.97. The summed E-state index contributed by atoms with van der Waals surface area (Å²) >= 11 is 0. The first-order valence-electron chi connectivity index (χ1n) is 12.9. The molecular formula is C28H25F2N5O5.